The van der Waals surface area contributed by atoms with Gasteiger partial charge in [-0.15, -0.1) is 0 Å². The van der Waals surface area contributed by atoms with E-state index in [9.17, 15) is 9.59 Å². The summed E-state index contributed by atoms with van der Waals surface area (Å²) in [5, 5.41) is 6.08. The third-order valence-electron chi connectivity index (χ3n) is 3.85. The maximum Gasteiger partial charge on any atom is 0.410 e. The lowest BCUT2D eigenvalue weighted by atomic mass is 10.0. The van der Waals surface area contributed by atoms with Gasteiger partial charge < -0.3 is 19.9 Å². The molecule has 6 heteroatoms. The molecule has 1 N–H and O–H groups in total. The molecule has 0 bridgehead atoms. The van der Waals surface area contributed by atoms with Crippen molar-refractivity contribution in [3.05, 3.63) is 0 Å². The Hall–Kier alpha value is -1.59. The van der Waals surface area contributed by atoms with E-state index in [1.165, 1.54) is 6.21 Å². The van der Waals surface area contributed by atoms with Crippen LogP contribution in [0.5, 0.6) is 0 Å². The molecule has 0 aromatic rings. The summed E-state index contributed by atoms with van der Waals surface area (Å²) >= 11 is 0. The van der Waals surface area contributed by atoms with Crippen LogP contribution in [-0.2, 0) is 9.53 Å². The van der Waals surface area contributed by atoms with Crippen LogP contribution in [-0.4, -0.2) is 59.3 Å². The highest BCUT2D eigenvalue weighted by Crippen LogP contribution is 2.22. The van der Waals surface area contributed by atoms with Crippen LogP contribution >= 0.6 is 0 Å². The van der Waals surface area contributed by atoms with Crippen LogP contribution in [0.1, 0.15) is 73.6 Å². The molecule has 2 amide bonds. The minimum atomic E-state index is -0.467. The first kappa shape index (κ1) is 23.4. The summed E-state index contributed by atoms with van der Waals surface area (Å²) in [5.74, 6) is 0.243. The molecule has 0 saturated carbocycles. The highest BCUT2D eigenvalue weighted by atomic mass is 16.6. The molecule has 2 heterocycles. The number of rotatable bonds is 1. The van der Waals surface area contributed by atoms with Crippen LogP contribution in [0, 0.1) is 5.41 Å². The van der Waals surface area contributed by atoms with Gasteiger partial charge in [0.1, 0.15) is 5.60 Å². The quantitative estimate of drug-likeness (QED) is 0.720. The molecule has 0 radical (unpaired) electrons. The molecular weight excluding hydrogens is 318 g/mol. The number of ether oxygens (including phenoxy) is 1. The molecule has 2 aliphatic heterocycles. The molecule has 2 rings (SSSR count). The first-order chi connectivity index (χ1) is 11.8. The number of amides is 2. The number of piperidine rings is 2. The molecular formula is C19H37N3O3. The molecule has 0 aromatic heterocycles. The number of hydrogen-bond acceptors (Lipinski definition) is 4. The number of nitrogens with zero attached hydrogens (tertiary/aromatic N) is 2. The lowest BCUT2D eigenvalue weighted by molar-refractivity contribution is -0.137. The van der Waals surface area contributed by atoms with Crippen molar-refractivity contribution in [3.8, 4) is 0 Å². The summed E-state index contributed by atoms with van der Waals surface area (Å²) in [7, 11) is 0. The fraction of sp³-hybridized carbons (Fsp3) is 0.842. The van der Waals surface area contributed by atoms with Crippen molar-refractivity contribution in [2.75, 3.05) is 19.6 Å². The van der Waals surface area contributed by atoms with Crippen molar-refractivity contribution in [2.24, 2.45) is 0 Å². The Balaban J connectivity index is 0.00000104. The van der Waals surface area contributed by atoms with Crippen LogP contribution in [0.4, 0.5) is 4.79 Å². The van der Waals surface area contributed by atoms with Crippen LogP contribution in [0.2, 0.25) is 0 Å². The van der Waals surface area contributed by atoms with Crippen molar-refractivity contribution in [1.29, 1.82) is 5.41 Å². The fourth-order valence-electron chi connectivity index (χ4n) is 2.91. The van der Waals surface area contributed by atoms with Crippen molar-refractivity contribution < 1.29 is 14.3 Å². The largest absolute Gasteiger partial charge is 0.444 e. The fourth-order valence-corrected chi connectivity index (χ4v) is 2.91. The van der Waals surface area contributed by atoms with Crippen LogP contribution in [0.25, 0.3) is 0 Å². The van der Waals surface area contributed by atoms with Gasteiger partial charge in [0.2, 0.25) is 5.91 Å². The van der Waals surface area contributed by atoms with Crippen molar-refractivity contribution in [2.45, 2.75) is 85.3 Å². The molecule has 0 spiro atoms. The van der Waals surface area contributed by atoms with Crippen LogP contribution in [0.15, 0.2) is 0 Å². The SMILES string of the molecule is CC.CC(C)(C)OC(=O)N1CCCC(N2CCCCC2=O)C1.CC=N. The lowest BCUT2D eigenvalue weighted by Crippen LogP contribution is -2.53. The minimum absolute atomic E-state index is 0.170. The first-order valence-electron chi connectivity index (χ1n) is 9.51. The molecule has 0 aromatic carbocycles. The summed E-state index contributed by atoms with van der Waals surface area (Å²) < 4.78 is 5.42. The highest BCUT2D eigenvalue weighted by Gasteiger charge is 2.33. The molecule has 2 saturated heterocycles. The normalized spacial score (nSPS) is 20.6. The Kier molecular flexibility index (Phi) is 11.1. The van der Waals surface area contributed by atoms with Gasteiger partial charge >= 0.3 is 6.09 Å². The van der Waals surface area contributed by atoms with Gasteiger partial charge in [0.25, 0.3) is 0 Å². The summed E-state index contributed by atoms with van der Waals surface area (Å²) in [5.41, 5.74) is -0.467. The van der Waals surface area contributed by atoms with E-state index in [0.29, 0.717) is 13.0 Å². The van der Waals surface area contributed by atoms with Crippen molar-refractivity contribution >= 4 is 18.2 Å². The molecule has 0 aliphatic carbocycles. The summed E-state index contributed by atoms with van der Waals surface area (Å²) in [6.07, 6.45) is 5.65. The Morgan fingerprint density at radius 1 is 1.20 bits per heavy atom. The van der Waals surface area contributed by atoms with E-state index in [0.717, 1.165) is 38.8 Å². The maximum atomic E-state index is 12.1. The summed E-state index contributed by atoms with van der Waals surface area (Å²) in [6, 6.07) is 0.170. The number of carbonyl (C=O) groups is 2. The third-order valence-corrected chi connectivity index (χ3v) is 3.85. The second-order valence-electron chi connectivity index (χ2n) is 7.06. The second kappa shape index (κ2) is 11.9. The third kappa shape index (κ3) is 8.89. The predicted octanol–water partition coefficient (Wildman–Crippen LogP) is 4.08. The average Bonchev–Trinajstić information content (AvgIpc) is 2.56. The molecule has 6 nitrogen and oxygen atoms in total. The standard InChI is InChI=1S/C15H26N2O3.C2H5N.C2H6/c1-15(2,3)20-14(19)16-9-6-7-12(11-16)17-10-5-4-8-13(17)18;1-2-3;1-2/h12H,4-11H2,1-3H3;2-3H,1H3;1-2H3. The van der Waals surface area contributed by atoms with Gasteiger partial charge in [-0.1, -0.05) is 13.8 Å². The van der Waals surface area contributed by atoms with Crippen LogP contribution in [0.3, 0.4) is 0 Å². The Bertz CT molecular complexity index is 419. The minimum Gasteiger partial charge on any atom is -0.444 e. The molecule has 1 atom stereocenters. The van der Waals surface area contributed by atoms with E-state index in [-0.39, 0.29) is 18.0 Å². The Morgan fingerprint density at radius 2 is 1.80 bits per heavy atom. The Morgan fingerprint density at radius 3 is 2.32 bits per heavy atom. The van der Waals surface area contributed by atoms with Gasteiger partial charge in [0.15, 0.2) is 0 Å². The number of nitrogens with one attached hydrogen (secondary N) is 1. The molecule has 2 fully saturated rings. The van der Waals surface area contributed by atoms with Gasteiger partial charge in [-0.3, -0.25) is 4.79 Å². The second-order valence-corrected chi connectivity index (χ2v) is 7.06. The zero-order valence-corrected chi connectivity index (χ0v) is 16.9. The van der Waals surface area contributed by atoms with Gasteiger partial charge in [-0.2, -0.15) is 0 Å². The predicted molar refractivity (Wildman–Crippen MR) is 102 cm³/mol. The lowest BCUT2D eigenvalue weighted by Gasteiger charge is -2.41. The number of hydrogen-bond donors (Lipinski definition) is 1. The summed E-state index contributed by atoms with van der Waals surface area (Å²) in [4.78, 5) is 27.8. The molecule has 1 unspecified atom stereocenters. The van der Waals surface area contributed by atoms with Gasteiger partial charge in [0, 0.05) is 32.1 Å². The van der Waals surface area contributed by atoms with E-state index in [4.69, 9.17) is 10.1 Å². The van der Waals surface area contributed by atoms with Gasteiger partial charge in [-0.05, 0) is 59.6 Å². The smallest absolute Gasteiger partial charge is 0.410 e. The molecule has 25 heavy (non-hydrogen) atoms. The summed E-state index contributed by atoms with van der Waals surface area (Å²) in [6.45, 7) is 13.5. The Labute approximate surface area is 153 Å². The highest BCUT2D eigenvalue weighted by molar-refractivity contribution is 5.77. The number of carbonyl (C=O) groups excluding carboxylic acids is 2. The van der Waals surface area contributed by atoms with Gasteiger partial charge in [-0.25, -0.2) is 4.79 Å². The number of likely N-dealkylation sites (tertiary alicyclic amines) is 2. The molecule has 2 aliphatic rings. The maximum absolute atomic E-state index is 12.1. The average molecular weight is 356 g/mol. The van der Waals surface area contributed by atoms with E-state index in [2.05, 4.69) is 0 Å². The topological polar surface area (TPSA) is 73.7 Å². The van der Waals surface area contributed by atoms with Crippen LogP contribution < -0.4 is 0 Å². The van der Waals surface area contributed by atoms with Crippen molar-refractivity contribution in [1.82, 2.24) is 9.80 Å². The van der Waals surface area contributed by atoms with Gasteiger partial charge in [0.05, 0.1) is 0 Å². The monoisotopic (exact) mass is 355 g/mol. The molecule has 146 valence electrons. The van der Waals surface area contributed by atoms with E-state index in [1.54, 1.807) is 11.8 Å². The van der Waals surface area contributed by atoms with E-state index < -0.39 is 5.60 Å². The first-order valence-corrected chi connectivity index (χ1v) is 9.51. The van der Waals surface area contributed by atoms with E-state index >= 15 is 0 Å². The van der Waals surface area contributed by atoms with E-state index in [1.807, 2.05) is 39.5 Å². The zero-order valence-electron chi connectivity index (χ0n) is 16.9. The zero-order chi connectivity index (χ0) is 19.5. The van der Waals surface area contributed by atoms with Crippen molar-refractivity contribution in [3.63, 3.8) is 0 Å².